The number of amides is 1. The molecule has 4 rings (SSSR count). The van der Waals surface area contributed by atoms with Crippen LogP contribution in [-0.2, 0) is 21.1 Å². The van der Waals surface area contributed by atoms with E-state index in [-0.39, 0.29) is 12.5 Å². The van der Waals surface area contributed by atoms with Crippen molar-refractivity contribution in [3.8, 4) is 11.4 Å². The van der Waals surface area contributed by atoms with Crippen LogP contribution in [0, 0.1) is 4.78 Å². The van der Waals surface area contributed by atoms with Gasteiger partial charge in [0, 0.05) is 27.6 Å². The van der Waals surface area contributed by atoms with Gasteiger partial charge >= 0.3 is 0 Å². The maximum Gasteiger partial charge on any atom is 0.244 e. The first kappa shape index (κ1) is 17.1. The van der Waals surface area contributed by atoms with Gasteiger partial charge in [-0.25, -0.2) is 8.89 Å². The molecule has 26 heavy (non-hydrogen) atoms. The van der Waals surface area contributed by atoms with Gasteiger partial charge < -0.3 is 4.90 Å². The van der Waals surface area contributed by atoms with E-state index < -0.39 is 15.3 Å². The molecule has 2 unspecified atom stereocenters. The molecule has 2 fully saturated rings. The first-order chi connectivity index (χ1) is 12.5. The van der Waals surface area contributed by atoms with Gasteiger partial charge in [-0.1, -0.05) is 30.3 Å². The summed E-state index contributed by atoms with van der Waals surface area (Å²) in [6.45, 7) is 0.704. The average molecular weight is 374 g/mol. The molecule has 2 atom stereocenters. The minimum absolute atomic E-state index is 0.0537. The zero-order valence-electron chi connectivity index (χ0n) is 14.5. The van der Waals surface area contributed by atoms with Crippen LogP contribution in [0.3, 0.4) is 0 Å². The number of hydrogen-bond acceptors (Lipinski definition) is 6. The van der Waals surface area contributed by atoms with Crippen molar-refractivity contribution in [3.05, 3.63) is 30.3 Å². The molecule has 1 N–H and O–H groups in total. The summed E-state index contributed by atoms with van der Waals surface area (Å²) >= 11 is 0. The molecule has 1 amide bonds. The average Bonchev–Trinajstić information content (AvgIpc) is 3.22. The highest BCUT2D eigenvalue weighted by atomic mass is 32.2. The van der Waals surface area contributed by atoms with E-state index >= 15 is 0 Å². The summed E-state index contributed by atoms with van der Waals surface area (Å²) in [5, 5.41) is 11.8. The molecule has 2 aliphatic rings. The van der Waals surface area contributed by atoms with Crippen molar-refractivity contribution in [2.75, 3.05) is 18.1 Å². The summed E-state index contributed by atoms with van der Waals surface area (Å²) in [5.74, 6) is 1.23. The third-order valence-corrected chi connectivity index (χ3v) is 7.32. The number of likely N-dealkylation sites (tertiary alicyclic amines) is 1. The van der Waals surface area contributed by atoms with Crippen molar-refractivity contribution in [1.29, 1.82) is 4.78 Å². The van der Waals surface area contributed by atoms with E-state index in [2.05, 4.69) is 15.5 Å². The van der Waals surface area contributed by atoms with Crippen LogP contribution in [-0.4, -0.2) is 58.8 Å². The molecule has 2 aliphatic heterocycles. The molecule has 3 heterocycles. The lowest BCUT2D eigenvalue weighted by molar-refractivity contribution is -0.135. The Bertz CT molecular complexity index is 910. The van der Waals surface area contributed by atoms with Crippen LogP contribution in [0.5, 0.6) is 0 Å². The van der Waals surface area contributed by atoms with Crippen LogP contribution in [0.4, 0.5) is 0 Å². The third-order valence-electron chi connectivity index (χ3n) is 5.36. The predicted octanol–water partition coefficient (Wildman–Crippen LogP) is 1.54. The van der Waals surface area contributed by atoms with Gasteiger partial charge in [-0.05, 0) is 36.1 Å². The summed E-state index contributed by atoms with van der Waals surface area (Å²) in [7, 11) is -2.60. The zero-order chi connectivity index (χ0) is 18.2. The molecule has 138 valence electrons. The van der Waals surface area contributed by atoms with Gasteiger partial charge in [0.25, 0.3) is 0 Å². The molecule has 2 aromatic rings. The van der Waals surface area contributed by atoms with Gasteiger partial charge in [-0.2, -0.15) is 0 Å². The van der Waals surface area contributed by atoms with Crippen molar-refractivity contribution < 1.29 is 9.00 Å². The number of carbonyl (C=O) groups is 1. The molecule has 8 nitrogen and oxygen atoms in total. The van der Waals surface area contributed by atoms with Crippen LogP contribution >= 0.6 is 0 Å². The highest BCUT2D eigenvalue weighted by Gasteiger charge is 2.47. The lowest BCUT2D eigenvalue weighted by atomic mass is 9.92. The maximum atomic E-state index is 13.0. The maximum absolute atomic E-state index is 13.0. The molecule has 9 heteroatoms. The van der Waals surface area contributed by atoms with Gasteiger partial charge in [0.2, 0.25) is 5.91 Å². The van der Waals surface area contributed by atoms with Gasteiger partial charge in [-0.15, -0.1) is 5.10 Å². The number of tetrazole rings is 1. The Morgan fingerprint density at radius 2 is 2.00 bits per heavy atom. The van der Waals surface area contributed by atoms with Crippen molar-refractivity contribution in [1.82, 2.24) is 25.1 Å². The van der Waals surface area contributed by atoms with Crippen LogP contribution in [0.15, 0.2) is 30.3 Å². The predicted molar refractivity (Wildman–Crippen MR) is 96.8 cm³/mol. The van der Waals surface area contributed by atoms with Crippen molar-refractivity contribution in [3.63, 3.8) is 0 Å². The van der Waals surface area contributed by atoms with E-state index in [0.717, 1.165) is 31.2 Å². The van der Waals surface area contributed by atoms with Gasteiger partial charge in [0.15, 0.2) is 5.82 Å². The fourth-order valence-electron chi connectivity index (χ4n) is 4.27. The third kappa shape index (κ3) is 3.11. The zero-order valence-corrected chi connectivity index (χ0v) is 15.3. The van der Waals surface area contributed by atoms with E-state index in [0.29, 0.717) is 23.9 Å². The number of nitrogens with one attached hydrogen (secondary N) is 1. The topological polar surface area (TPSA) is 105 Å². The molecule has 0 saturated carbocycles. The number of aromatic nitrogens is 4. The van der Waals surface area contributed by atoms with Crippen molar-refractivity contribution in [2.45, 2.75) is 37.8 Å². The minimum Gasteiger partial charge on any atom is -0.334 e. The number of hydrogen-bond donors (Lipinski definition) is 1. The Morgan fingerprint density at radius 1 is 1.23 bits per heavy atom. The summed E-state index contributed by atoms with van der Waals surface area (Å²) < 4.78 is 21.9. The Labute approximate surface area is 152 Å². The molecule has 2 saturated heterocycles. The molecular formula is C17H22N6O2S. The van der Waals surface area contributed by atoms with Gasteiger partial charge in [0.1, 0.15) is 6.54 Å². The first-order valence-corrected chi connectivity index (χ1v) is 10.8. The molecule has 0 radical (unpaired) electrons. The summed E-state index contributed by atoms with van der Waals surface area (Å²) in [4.78, 5) is 14.9. The van der Waals surface area contributed by atoms with Crippen molar-refractivity contribution >= 4 is 15.6 Å². The summed E-state index contributed by atoms with van der Waals surface area (Å²) in [6, 6.07) is 9.52. The van der Waals surface area contributed by atoms with E-state index in [1.807, 2.05) is 35.2 Å². The standard InChI is InChI=1S/C17H22N6O2S/c18-26(25)11-5-9-17(13-26)8-4-10-22(17)15(24)12-23-16(19-20-21-23)14-6-2-1-3-7-14/h1-3,6-7,18H,4-5,8-13H2. The smallest absolute Gasteiger partial charge is 0.244 e. The number of carbonyl (C=O) groups excluding carboxylic acids is 1. The first-order valence-electron chi connectivity index (χ1n) is 8.85. The van der Waals surface area contributed by atoms with Gasteiger partial charge in [0.05, 0.1) is 11.3 Å². The fourth-order valence-corrected chi connectivity index (χ4v) is 6.34. The quantitative estimate of drug-likeness (QED) is 0.877. The second kappa shape index (κ2) is 6.46. The van der Waals surface area contributed by atoms with E-state index in [9.17, 15) is 9.00 Å². The molecule has 0 bridgehead atoms. The van der Waals surface area contributed by atoms with E-state index in [4.69, 9.17) is 4.78 Å². The number of benzene rings is 1. The number of nitrogens with zero attached hydrogens (tertiary/aromatic N) is 5. The second-order valence-electron chi connectivity index (χ2n) is 7.16. The van der Waals surface area contributed by atoms with E-state index in [1.165, 1.54) is 4.68 Å². The highest BCUT2D eigenvalue weighted by molar-refractivity contribution is 7.92. The van der Waals surface area contributed by atoms with Crippen LogP contribution in [0.1, 0.15) is 25.7 Å². The Kier molecular flexibility index (Phi) is 4.26. The fraction of sp³-hybridized carbons (Fsp3) is 0.529. The largest absolute Gasteiger partial charge is 0.334 e. The minimum atomic E-state index is -2.60. The monoisotopic (exact) mass is 374 g/mol. The normalized spacial score (nSPS) is 28.5. The number of rotatable bonds is 3. The summed E-state index contributed by atoms with van der Waals surface area (Å²) in [6.07, 6.45) is 3.29. The molecule has 0 aliphatic carbocycles. The van der Waals surface area contributed by atoms with Crippen molar-refractivity contribution in [2.24, 2.45) is 0 Å². The Morgan fingerprint density at radius 3 is 2.77 bits per heavy atom. The van der Waals surface area contributed by atoms with Crippen LogP contribution < -0.4 is 0 Å². The van der Waals surface area contributed by atoms with E-state index in [1.54, 1.807) is 0 Å². The van der Waals surface area contributed by atoms with Crippen LogP contribution in [0.2, 0.25) is 0 Å². The van der Waals surface area contributed by atoms with Crippen LogP contribution in [0.25, 0.3) is 11.4 Å². The lowest BCUT2D eigenvalue weighted by Crippen LogP contribution is -2.54. The molecule has 1 spiro atoms. The Hall–Kier alpha value is -2.29. The highest BCUT2D eigenvalue weighted by Crippen LogP contribution is 2.38. The van der Waals surface area contributed by atoms with Gasteiger partial charge in [-0.3, -0.25) is 9.57 Å². The Balaban J connectivity index is 1.57. The molecule has 1 aromatic carbocycles. The molecule has 1 aromatic heterocycles. The lowest BCUT2D eigenvalue weighted by Gasteiger charge is -2.42. The SMILES string of the molecule is N=S1(=O)CCCC2(CCCN2C(=O)Cn2nnnc2-c2ccccc2)C1. The molecular weight excluding hydrogens is 352 g/mol. The summed E-state index contributed by atoms with van der Waals surface area (Å²) in [5.41, 5.74) is 0.433. The second-order valence-corrected chi connectivity index (χ2v) is 9.48.